The molecule has 0 bridgehead atoms. The van der Waals surface area contributed by atoms with Crippen LogP contribution in [-0.2, 0) is 22.5 Å². The van der Waals surface area contributed by atoms with Crippen LogP contribution in [0.25, 0.3) is 0 Å². The molecule has 0 saturated heterocycles. The Balaban J connectivity index is 1.95. The minimum absolute atomic E-state index is 0.117. The molecule has 1 aromatic heterocycles. The zero-order valence-electron chi connectivity index (χ0n) is 13.6. The number of hydrogen-bond donors (Lipinski definition) is 0. The fraction of sp³-hybridized carbons (Fsp3) is 0.353. The molecule has 0 spiro atoms. The highest BCUT2D eigenvalue weighted by atomic mass is 35.5. The van der Waals surface area contributed by atoms with Crippen LogP contribution in [0.2, 0.25) is 5.02 Å². The quantitative estimate of drug-likeness (QED) is 0.801. The van der Waals surface area contributed by atoms with Gasteiger partial charge in [0.25, 0.3) is 0 Å². The number of aromatic nitrogens is 2. The molecule has 1 aliphatic heterocycles. The average molecular weight is 348 g/mol. The number of rotatable bonds is 3. The van der Waals surface area contributed by atoms with E-state index in [0.29, 0.717) is 23.2 Å². The number of benzene rings is 1. The Morgan fingerprint density at radius 1 is 1.29 bits per heavy atom. The number of aryl methyl sites for hydroxylation is 1. The summed E-state index contributed by atoms with van der Waals surface area (Å²) in [6.45, 7) is 3.08. The Morgan fingerprint density at radius 2 is 2.04 bits per heavy atom. The average Bonchev–Trinajstić information content (AvgIpc) is 2.93. The van der Waals surface area contributed by atoms with Crippen LogP contribution >= 0.6 is 11.6 Å². The lowest BCUT2D eigenvalue weighted by Gasteiger charge is -2.29. The lowest BCUT2D eigenvalue weighted by Crippen LogP contribution is -2.39. The molecule has 2 heterocycles. The summed E-state index contributed by atoms with van der Waals surface area (Å²) >= 11 is 6.15. The highest BCUT2D eigenvalue weighted by Crippen LogP contribution is 2.29. The highest BCUT2D eigenvalue weighted by Gasteiger charge is 2.31. The second-order valence-electron chi connectivity index (χ2n) is 5.64. The van der Waals surface area contributed by atoms with E-state index in [1.807, 2.05) is 29.7 Å². The summed E-state index contributed by atoms with van der Waals surface area (Å²) in [5.41, 5.74) is 0.944. The summed E-state index contributed by atoms with van der Waals surface area (Å²) in [6.07, 6.45) is 0.976. The molecule has 1 amide bonds. The van der Waals surface area contributed by atoms with Crippen molar-refractivity contribution in [3.63, 3.8) is 0 Å². The molecular formula is C17H18ClN3O3. The number of esters is 1. The molecule has 0 atom stereocenters. The molecule has 0 saturated carbocycles. The number of methoxy groups -OCH3 is 1. The van der Waals surface area contributed by atoms with Crippen molar-refractivity contribution in [3.05, 3.63) is 46.4 Å². The molecule has 7 heteroatoms. The first-order valence-corrected chi connectivity index (χ1v) is 8.10. The van der Waals surface area contributed by atoms with Gasteiger partial charge < -0.3 is 9.30 Å². The zero-order valence-corrected chi connectivity index (χ0v) is 14.3. The molecule has 0 N–H and O–H groups in total. The minimum Gasteiger partial charge on any atom is -0.464 e. The molecule has 6 nitrogen and oxygen atoms in total. The van der Waals surface area contributed by atoms with Crippen LogP contribution in [0, 0.1) is 6.92 Å². The van der Waals surface area contributed by atoms with E-state index in [2.05, 4.69) is 4.98 Å². The molecule has 126 valence electrons. The Morgan fingerprint density at radius 3 is 2.75 bits per heavy atom. The van der Waals surface area contributed by atoms with Crippen molar-refractivity contribution in [1.82, 2.24) is 9.55 Å². The molecule has 0 radical (unpaired) electrons. The number of nitrogens with zero attached hydrogens (tertiary/aromatic N) is 3. The maximum absolute atomic E-state index is 12.8. The van der Waals surface area contributed by atoms with Gasteiger partial charge in [-0.25, -0.2) is 9.78 Å². The van der Waals surface area contributed by atoms with E-state index in [1.165, 1.54) is 7.11 Å². The van der Waals surface area contributed by atoms with Gasteiger partial charge in [-0.3, -0.25) is 9.69 Å². The van der Waals surface area contributed by atoms with E-state index >= 15 is 0 Å². The number of imidazole rings is 1. The van der Waals surface area contributed by atoms with Gasteiger partial charge in [0.1, 0.15) is 5.82 Å². The van der Waals surface area contributed by atoms with E-state index in [9.17, 15) is 9.59 Å². The van der Waals surface area contributed by atoms with Crippen molar-refractivity contribution in [3.8, 4) is 0 Å². The molecular weight excluding hydrogens is 330 g/mol. The van der Waals surface area contributed by atoms with Gasteiger partial charge in [0.05, 0.1) is 13.5 Å². The van der Waals surface area contributed by atoms with Crippen molar-refractivity contribution < 1.29 is 14.3 Å². The minimum atomic E-state index is -0.538. The lowest BCUT2D eigenvalue weighted by atomic mass is 10.1. The Bertz CT molecular complexity index is 800. The van der Waals surface area contributed by atoms with Gasteiger partial charge in [0.2, 0.25) is 5.91 Å². The number of carbonyl (C=O) groups excluding carboxylic acids is 2. The van der Waals surface area contributed by atoms with Crippen molar-refractivity contribution in [1.29, 1.82) is 0 Å². The van der Waals surface area contributed by atoms with E-state index < -0.39 is 5.97 Å². The summed E-state index contributed by atoms with van der Waals surface area (Å²) in [5, 5.41) is 0.556. The second-order valence-corrected chi connectivity index (χ2v) is 6.05. The largest absolute Gasteiger partial charge is 0.464 e. The fourth-order valence-electron chi connectivity index (χ4n) is 2.96. The summed E-state index contributed by atoms with van der Waals surface area (Å²) < 4.78 is 6.70. The van der Waals surface area contributed by atoms with Gasteiger partial charge in [-0.2, -0.15) is 0 Å². The predicted molar refractivity (Wildman–Crippen MR) is 90.4 cm³/mol. The van der Waals surface area contributed by atoms with E-state index in [-0.39, 0.29) is 18.0 Å². The number of halogens is 1. The number of fused-ring (bicyclic) bond motifs is 1. The molecule has 24 heavy (non-hydrogen) atoms. The van der Waals surface area contributed by atoms with Crippen molar-refractivity contribution in [2.24, 2.45) is 0 Å². The topological polar surface area (TPSA) is 64.4 Å². The summed E-state index contributed by atoms with van der Waals surface area (Å²) in [4.78, 5) is 30.8. The number of carbonyl (C=O) groups is 2. The van der Waals surface area contributed by atoms with Gasteiger partial charge >= 0.3 is 5.97 Å². The molecule has 1 aliphatic rings. The number of ether oxygens (including phenoxy) is 1. The van der Waals surface area contributed by atoms with Gasteiger partial charge in [-0.05, 0) is 25.0 Å². The summed E-state index contributed by atoms with van der Waals surface area (Å²) in [5.74, 6) is 0.557. The lowest BCUT2D eigenvalue weighted by molar-refractivity contribution is -0.118. The van der Waals surface area contributed by atoms with Gasteiger partial charge in [0.15, 0.2) is 11.5 Å². The third-order valence-electron chi connectivity index (χ3n) is 4.13. The van der Waals surface area contributed by atoms with Gasteiger partial charge in [0, 0.05) is 18.1 Å². The molecule has 2 aromatic rings. The third-order valence-corrected chi connectivity index (χ3v) is 4.50. The molecule has 0 fully saturated rings. The number of amides is 1. The first-order chi connectivity index (χ1) is 11.5. The van der Waals surface area contributed by atoms with Crippen LogP contribution in [0.3, 0.4) is 0 Å². The van der Waals surface area contributed by atoms with E-state index in [1.54, 1.807) is 11.0 Å². The van der Waals surface area contributed by atoms with Crippen LogP contribution in [0.4, 0.5) is 5.82 Å². The van der Waals surface area contributed by atoms with Crippen molar-refractivity contribution >= 4 is 29.3 Å². The van der Waals surface area contributed by atoms with Crippen LogP contribution in [0.5, 0.6) is 0 Å². The van der Waals surface area contributed by atoms with Gasteiger partial charge in [-0.15, -0.1) is 0 Å². The number of hydrogen-bond acceptors (Lipinski definition) is 4. The fourth-order valence-corrected chi connectivity index (χ4v) is 3.17. The van der Waals surface area contributed by atoms with Crippen molar-refractivity contribution in [2.75, 3.05) is 18.6 Å². The summed E-state index contributed by atoms with van der Waals surface area (Å²) in [6, 6.07) is 7.26. The van der Waals surface area contributed by atoms with E-state index in [0.717, 1.165) is 18.5 Å². The van der Waals surface area contributed by atoms with Crippen LogP contribution in [0.15, 0.2) is 24.3 Å². The van der Waals surface area contributed by atoms with Crippen LogP contribution < -0.4 is 4.90 Å². The normalized spacial score (nSPS) is 13.5. The zero-order chi connectivity index (χ0) is 17.3. The Labute approximate surface area is 145 Å². The smallest absolute Gasteiger partial charge is 0.360 e. The predicted octanol–water partition coefficient (Wildman–Crippen LogP) is 2.61. The Hall–Kier alpha value is -2.34. The first kappa shape index (κ1) is 16.5. The highest BCUT2D eigenvalue weighted by molar-refractivity contribution is 6.31. The van der Waals surface area contributed by atoms with Crippen LogP contribution in [-0.4, -0.2) is 35.1 Å². The Kier molecular flexibility index (Phi) is 4.57. The molecule has 0 unspecified atom stereocenters. The van der Waals surface area contributed by atoms with Crippen LogP contribution in [0.1, 0.15) is 28.3 Å². The standard InChI is InChI=1S/C17H18ClN3O3/c1-11-19-15(17(23)24-2)16-20(11)8-5-9-21(16)14(22)10-12-6-3-4-7-13(12)18/h3-4,6-7H,5,8-10H2,1-2H3. The number of anilines is 1. The molecule has 3 rings (SSSR count). The maximum Gasteiger partial charge on any atom is 0.360 e. The second kappa shape index (κ2) is 6.65. The monoisotopic (exact) mass is 347 g/mol. The molecule has 0 aliphatic carbocycles. The SMILES string of the molecule is COC(=O)c1nc(C)n2c1N(C(=O)Cc1ccccc1Cl)CCC2. The molecule has 1 aromatic carbocycles. The summed E-state index contributed by atoms with van der Waals surface area (Å²) in [7, 11) is 1.31. The van der Waals surface area contributed by atoms with E-state index in [4.69, 9.17) is 16.3 Å². The van der Waals surface area contributed by atoms with Gasteiger partial charge in [-0.1, -0.05) is 29.8 Å². The van der Waals surface area contributed by atoms with Crippen molar-refractivity contribution in [2.45, 2.75) is 26.3 Å². The third kappa shape index (κ3) is 2.89. The maximum atomic E-state index is 12.8. The first-order valence-electron chi connectivity index (χ1n) is 7.72.